The topological polar surface area (TPSA) is 27.7 Å². The normalized spacial score (nSPS) is 18.7. The fraction of sp³-hybridized carbons (Fsp3) is 0.647. The van der Waals surface area contributed by atoms with Gasteiger partial charge in [0, 0.05) is 11.5 Å². The van der Waals surface area contributed by atoms with E-state index in [2.05, 4.69) is 76.2 Å². The molecule has 2 aromatic rings. The van der Waals surface area contributed by atoms with Gasteiger partial charge in [-0.2, -0.15) is 0 Å². The van der Waals surface area contributed by atoms with E-state index in [1.807, 2.05) is 0 Å². The molecule has 0 amide bonds. The van der Waals surface area contributed by atoms with Crippen LogP contribution in [-0.2, 0) is 9.47 Å². The number of unbranched alkanes of at least 4 members (excludes halogenated alkanes) is 5. The van der Waals surface area contributed by atoms with Crippen LogP contribution < -0.4 is 4.74 Å². The monoisotopic (exact) mass is 508 g/mol. The predicted octanol–water partition coefficient (Wildman–Crippen LogP) is 10.00. The molecule has 37 heavy (non-hydrogen) atoms. The molecule has 1 fully saturated rings. The molecule has 0 bridgehead atoms. The van der Waals surface area contributed by atoms with Gasteiger partial charge in [-0.25, -0.2) is 0 Å². The van der Waals surface area contributed by atoms with E-state index < -0.39 is 0 Å². The second-order valence-corrected chi connectivity index (χ2v) is 11.6. The minimum absolute atomic E-state index is 0.244. The van der Waals surface area contributed by atoms with Crippen LogP contribution in [-0.4, -0.2) is 19.8 Å². The lowest BCUT2D eigenvalue weighted by Crippen LogP contribution is -2.27. The van der Waals surface area contributed by atoms with Gasteiger partial charge < -0.3 is 14.2 Å². The fourth-order valence-electron chi connectivity index (χ4n) is 5.09. The van der Waals surface area contributed by atoms with Crippen LogP contribution in [0.3, 0.4) is 0 Å². The molecular weight excluding hydrogens is 456 g/mol. The summed E-state index contributed by atoms with van der Waals surface area (Å²) in [4.78, 5) is 0. The first-order valence-corrected chi connectivity index (χ1v) is 15.1. The van der Waals surface area contributed by atoms with Gasteiger partial charge in [-0.05, 0) is 47.9 Å². The molecule has 3 nitrogen and oxygen atoms in total. The van der Waals surface area contributed by atoms with Crippen LogP contribution in [0.5, 0.6) is 5.75 Å². The first-order valence-electron chi connectivity index (χ1n) is 15.1. The zero-order valence-electron chi connectivity index (χ0n) is 24.1. The highest BCUT2D eigenvalue weighted by Crippen LogP contribution is 2.30. The summed E-state index contributed by atoms with van der Waals surface area (Å²) in [6, 6.07) is 17.1. The van der Waals surface area contributed by atoms with Crippen LogP contribution in [0.2, 0.25) is 0 Å². The van der Waals surface area contributed by atoms with Crippen molar-refractivity contribution in [3.8, 4) is 16.9 Å². The molecule has 0 N–H and O–H groups in total. The molecule has 1 atom stereocenters. The number of hydrogen-bond donors (Lipinski definition) is 0. The summed E-state index contributed by atoms with van der Waals surface area (Å²) in [7, 11) is 0. The first kappa shape index (κ1) is 29.7. The highest BCUT2D eigenvalue weighted by atomic mass is 16.7. The molecule has 0 saturated carbocycles. The smallest absolute Gasteiger partial charge is 0.183 e. The van der Waals surface area contributed by atoms with E-state index in [9.17, 15) is 0 Å². The van der Waals surface area contributed by atoms with Crippen molar-refractivity contribution < 1.29 is 14.2 Å². The highest BCUT2D eigenvalue weighted by Gasteiger charge is 2.24. The van der Waals surface area contributed by atoms with E-state index in [0.717, 1.165) is 49.4 Å². The Morgan fingerprint density at radius 3 is 2.00 bits per heavy atom. The average Bonchev–Trinajstić information content (AvgIpc) is 2.92. The second-order valence-electron chi connectivity index (χ2n) is 11.6. The van der Waals surface area contributed by atoms with Gasteiger partial charge in [0.15, 0.2) is 6.29 Å². The van der Waals surface area contributed by atoms with Crippen LogP contribution in [0.1, 0.15) is 110 Å². The Morgan fingerprint density at radius 1 is 0.730 bits per heavy atom. The van der Waals surface area contributed by atoms with Crippen molar-refractivity contribution in [1.82, 2.24) is 0 Å². The maximum atomic E-state index is 6.12. The Labute approximate surface area is 227 Å². The molecule has 206 valence electrons. The Kier molecular flexibility index (Phi) is 13.6. The van der Waals surface area contributed by atoms with Gasteiger partial charge >= 0.3 is 0 Å². The van der Waals surface area contributed by atoms with Crippen molar-refractivity contribution in [2.45, 2.75) is 105 Å². The largest absolute Gasteiger partial charge is 0.494 e. The summed E-state index contributed by atoms with van der Waals surface area (Å²) in [6.07, 6.45) is 14.0. The summed E-state index contributed by atoms with van der Waals surface area (Å²) in [5.74, 6) is 3.09. The lowest BCUT2D eigenvalue weighted by Gasteiger charge is -2.30. The van der Waals surface area contributed by atoms with E-state index in [0.29, 0.717) is 5.92 Å². The second kappa shape index (κ2) is 16.9. The summed E-state index contributed by atoms with van der Waals surface area (Å²) in [6.45, 7) is 11.7. The maximum Gasteiger partial charge on any atom is 0.183 e. The van der Waals surface area contributed by atoms with E-state index in [-0.39, 0.29) is 6.29 Å². The van der Waals surface area contributed by atoms with E-state index >= 15 is 0 Å². The quantitative estimate of drug-likeness (QED) is 0.199. The van der Waals surface area contributed by atoms with Gasteiger partial charge in [0.2, 0.25) is 0 Å². The van der Waals surface area contributed by atoms with Crippen molar-refractivity contribution in [2.75, 3.05) is 19.8 Å². The van der Waals surface area contributed by atoms with Gasteiger partial charge in [-0.15, -0.1) is 0 Å². The van der Waals surface area contributed by atoms with Crippen LogP contribution in [0.25, 0.3) is 11.1 Å². The number of ether oxygens (including phenoxy) is 3. The zero-order valence-corrected chi connectivity index (χ0v) is 24.1. The minimum Gasteiger partial charge on any atom is -0.494 e. The van der Waals surface area contributed by atoms with Crippen molar-refractivity contribution >= 4 is 0 Å². The van der Waals surface area contributed by atoms with Crippen LogP contribution >= 0.6 is 0 Å². The molecule has 3 heteroatoms. The number of hydrogen-bond acceptors (Lipinski definition) is 3. The van der Waals surface area contributed by atoms with E-state index in [4.69, 9.17) is 14.2 Å². The van der Waals surface area contributed by atoms with E-state index in [1.54, 1.807) is 0 Å². The lowest BCUT2D eigenvalue weighted by atomic mass is 9.92. The van der Waals surface area contributed by atoms with Gasteiger partial charge in [0.25, 0.3) is 0 Å². The fourth-order valence-corrected chi connectivity index (χ4v) is 5.09. The molecule has 3 rings (SSSR count). The third-order valence-electron chi connectivity index (χ3n) is 7.65. The summed E-state index contributed by atoms with van der Waals surface area (Å²) in [5, 5.41) is 0. The number of rotatable bonds is 17. The molecule has 2 aromatic carbocycles. The molecule has 1 saturated heterocycles. The van der Waals surface area contributed by atoms with Crippen molar-refractivity contribution in [3.63, 3.8) is 0 Å². The Morgan fingerprint density at radius 2 is 1.35 bits per heavy atom. The van der Waals surface area contributed by atoms with Gasteiger partial charge in [0.1, 0.15) is 5.75 Å². The van der Waals surface area contributed by atoms with Crippen molar-refractivity contribution in [2.24, 2.45) is 17.8 Å². The maximum absolute atomic E-state index is 6.12. The Bertz CT molecular complexity index is 834. The van der Waals surface area contributed by atoms with Gasteiger partial charge in [-0.1, -0.05) is 122 Å². The molecular formula is C34H52O3. The first-order chi connectivity index (χ1) is 18.0. The number of benzene rings is 2. The molecule has 1 unspecified atom stereocenters. The summed E-state index contributed by atoms with van der Waals surface area (Å²) in [5.41, 5.74) is 3.50. The third-order valence-corrected chi connectivity index (χ3v) is 7.65. The highest BCUT2D eigenvalue weighted by molar-refractivity contribution is 5.64. The summed E-state index contributed by atoms with van der Waals surface area (Å²) >= 11 is 0. The Hall–Kier alpha value is -1.84. The molecule has 1 aliphatic rings. The zero-order chi connectivity index (χ0) is 26.3. The minimum atomic E-state index is -0.244. The van der Waals surface area contributed by atoms with Crippen LogP contribution in [0.15, 0.2) is 48.5 Å². The van der Waals surface area contributed by atoms with Crippen LogP contribution in [0.4, 0.5) is 0 Å². The van der Waals surface area contributed by atoms with Gasteiger partial charge in [0.05, 0.1) is 19.8 Å². The Balaban J connectivity index is 1.35. The average molecular weight is 509 g/mol. The third kappa shape index (κ3) is 11.2. The standard InChI is InChI=1S/C34H52O3/c1-5-6-7-8-9-10-24-35-33-22-20-31(21-23-33)30-16-18-32(19-17-30)34-36-25-29(26-37-34)15-14-28(4)13-11-12-27(2)3/h16-23,27-29,34H,5-15,24-26H2,1-4H3/t28?,29-,34-. The van der Waals surface area contributed by atoms with E-state index in [1.165, 1.54) is 75.3 Å². The lowest BCUT2D eigenvalue weighted by molar-refractivity contribution is -0.206. The summed E-state index contributed by atoms with van der Waals surface area (Å²) < 4.78 is 18.2. The van der Waals surface area contributed by atoms with Gasteiger partial charge in [-0.3, -0.25) is 0 Å². The van der Waals surface area contributed by atoms with Crippen molar-refractivity contribution in [1.29, 1.82) is 0 Å². The SMILES string of the molecule is CCCCCCCCOc1ccc(-c2ccc([C@H]3OC[C@H](CCC(C)CCCC(C)C)CO3)cc2)cc1. The molecule has 0 spiro atoms. The molecule has 0 aromatic heterocycles. The molecule has 1 aliphatic heterocycles. The predicted molar refractivity (Wildman–Crippen MR) is 156 cm³/mol. The molecule has 0 radical (unpaired) electrons. The molecule has 1 heterocycles. The van der Waals surface area contributed by atoms with Crippen LogP contribution in [0, 0.1) is 17.8 Å². The molecule has 0 aliphatic carbocycles. The van der Waals surface area contributed by atoms with Crippen molar-refractivity contribution in [3.05, 3.63) is 54.1 Å².